The normalized spacial score (nSPS) is 11.3. The van der Waals surface area contributed by atoms with Crippen LogP contribution in [0.2, 0.25) is 0 Å². The highest BCUT2D eigenvalue weighted by atomic mass is 16.5. The fourth-order valence-corrected chi connectivity index (χ4v) is 2.67. The second kappa shape index (κ2) is 28.7. The van der Waals surface area contributed by atoms with E-state index in [1.54, 1.807) is 0 Å². The summed E-state index contributed by atoms with van der Waals surface area (Å²) in [5, 5.41) is 10.6. The van der Waals surface area contributed by atoms with Crippen LogP contribution in [-0.2, 0) is 47.6 Å². The van der Waals surface area contributed by atoms with Crippen LogP contribution < -0.4 is 27.0 Å². The average Bonchev–Trinajstić information content (AvgIpc) is 2.96. The van der Waals surface area contributed by atoms with Crippen molar-refractivity contribution in [2.75, 3.05) is 105 Å². The van der Waals surface area contributed by atoms with Crippen LogP contribution >= 0.6 is 0 Å². The third-order valence-corrected chi connectivity index (χ3v) is 4.81. The Kier molecular flexibility index (Phi) is 26.7. The highest BCUT2D eigenvalue weighted by molar-refractivity contribution is 5.84. The highest BCUT2D eigenvalue weighted by Crippen LogP contribution is 1.85. The van der Waals surface area contributed by atoms with Crippen LogP contribution in [0.1, 0.15) is 19.8 Å². The topological polar surface area (TPSA) is 198 Å². The fourth-order valence-electron chi connectivity index (χ4n) is 2.67. The molecule has 0 radical (unpaired) electrons. The summed E-state index contributed by atoms with van der Waals surface area (Å²) in [6.45, 7) is 5.83. The minimum Gasteiger partial charge on any atom is -0.377 e. The molecule has 0 aliphatic heterocycles. The van der Waals surface area contributed by atoms with Gasteiger partial charge in [0, 0.05) is 26.2 Å². The van der Waals surface area contributed by atoms with Gasteiger partial charge in [-0.15, -0.1) is 6.42 Å². The Balaban J connectivity index is 3.37. The number of hydrogen-bond donors (Lipinski definition) is 5. The summed E-state index contributed by atoms with van der Waals surface area (Å²) in [6, 6.07) is -0.979. The average molecular weight is 590 g/mol. The molecule has 0 aromatic heterocycles. The largest absolute Gasteiger partial charge is 0.377 e. The van der Waals surface area contributed by atoms with Crippen molar-refractivity contribution in [2.45, 2.75) is 25.8 Å². The summed E-state index contributed by atoms with van der Waals surface area (Å²) in [6.07, 6.45) is 7.00. The van der Waals surface area contributed by atoms with E-state index < -0.39 is 11.9 Å². The van der Waals surface area contributed by atoms with E-state index in [0.717, 1.165) is 12.8 Å². The van der Waals surface area contributed by atoms with Crippen LogP contribution in [-0.4, -0.2) is 135 Å². The first-order chi connectivity index (χ1) is 19.9. The van der Waals surface area contributed by atoms with Gasteiger partial charge in [0.15, 0.2) is 0 Å². The zero-order chi connectivity index (χ0) is 30.4. The summed E-state index contributed by atoms with van der Waals surface area (Å²) >= 11 is 0. The lowest BCUT2D eigenvalue weighted by molar-refractivity contribution is -0.127. The van der Waals surface area contributed by atoms with Crippen molar-refractivity contribution in [3.63, 3.8) is 0 Å². The van der Waals surface area contributed by atoms with Crippen molar-refractivity contribution in [1.29, 1.82) is 0 Å². The molecule has 0 aromatic carbocycles. The molecule has 0 spiro atoms. The number of nitrogens with one attached hydrogen (secondary N) is 4. The predicted octanol–water partition coefficient (Wildman–Crippen LogP) is -2.69. The van der Waals surface area contributed by atoms with Crippen molar-refractivity contribution in [1.82, 2.24) is 21.3 Å². The van der Waals surface area contributed by atoms with Gasteiger partial charge in [0.05, 0.1) is 59.5 Å². The number of nitrogens with two attached hydrogens (primary N) is 1. The minimum absolute atomic E-state index is 0.00305. The third kappa shape index (κ3) is 27.1. The van der Waals surface area contributed by atoms with E-state index in [1.807, 2.05) is 0 Å². The molecule has 0 bridgehead atoms. The number of carbonyl (C=O) groups excluding carboxylic acids is 4. The van der Waals surface area contributed by atoms with Gasteiger partial charge in [-0.2, -0.15) is 0 Å². The lowest BCUT2D eigenvalue weighted by Crippen LogP contribution is -2.40. The number of ether oxygens (including phenoxy) is 6. The maximum atomic E-state index is 11.7. The van der Waals surface area contributed by atoms with Gasteiger partial charge < -0.3 is 55.4 Å². The second-order valence-electron chi connectivity index (χ2n) is 8.33. The van der Waals surface area contributed by atoms with E-state index in [9.17, 15) is 19.2 Å². The van der Waals surface area contributed by atoms with E-state index in [2.05, 4.69) is 34.1 Å². The molecule has 236 valence electrons. The smallest absolute Gasteiger partial charge is 0.249 e. The Bertz CT molecular complexity index is 751. The summed E-state index contributed by atoms with van der Waals surface area (Å²) in [5.41, 5.74) is 5.36. The van der Waals surface area contributed by atoms with Crippen molar-refractivity contribution >= 4 is 23.6 Å². The molecule has 0 saturated heterocycles. The molecule has 0 aromatic rings. The van der Waals surface area contributed by atoms with Gasteiger partial charge in [-0.25, -0.2) is 0 Å². The van der Waals surface area contributed by atoms with E-state index in [4.69, 9.17) is 40.6 Å². The first-order valence-electron chi connectivity index (χ1n) is 13.7. The van der Waals surface area contributed by atoms with Crippen LogP contribution in [0.15, 0.2) is 0 Å². The van der Waals surface area contributed by atoms with Crippen LogP contribution in [0, 0.1) is 12.3 Å². The minimum atomic E-state index is -0.979. The maximum absolute atomic E-state index is 11.7. The standard InChI is InChI=1S/C26H47N5O10/c1-3-5-6-28-23(32)19-39-16-13-36-10-7-29-24(33)20-40-17-14-37-11-8-30-25(34)21-41-18-15-38-12-9-31-26(35)22(27)4-2/h2,22H,3,5-21,27H2,1H3,(H,28,32)(H,29,33)(H,30,34)(H,31,35)/t22-/m1/s1. The Hall–Kier alpha value is -2.84. The Morgan fingerprint density at radius 1 is 0.610 bits per heavy atom. The van der Waals surface area contributed by atoms with Gasteiger partial charge in [0.2, 0.25) is 23.6 Å². The van der Waals surface area contributed by atoms with Gasteiger partial charge in [-0.1, -0.05) is 19.3 Å². The molecule has 0 rings (SSSR count). The summed E-state index contributed by atoms with van der Waals surface area (Å²) in [4.78, 5) is 46.2. The van der Waals surface area contributed by atoms with Gasteiger partial charge in [-0.3, -0.25) is 19.2 Å². The number of hydrogen-bond acceptors (Lipinski definition) is 11. The molecule has 0 aliphatic rings. The molecular weight excluding hydrogens is 542 g/mol. The quantitative estimate of drug-likeness (QED) is 0.0471. The van der Waals surface area contributed by atoms with Gasteiger partial charge in [-0.05, 0) is 6.42 Å². The van der Waals surface area contributed by atoms with Crippen LogP contribution in [0.4, 0.5) is 0 Å². The molecule has 0 heterocycles. The van der Waals surface area contributed by atoms with Gasteiger partial charge >= 0.3 is 0 Å². The molecule has 0 saturated carbocycles. The second-order valence-corrected chi connectivity index (χ2v) is 8.33. The lowest BCUT2D eigenvalue weighted by atomic mass is 10.3. The molecular formula is C26H47N5O10. The molecule has 0 fully saturated rings. The summed E-state index contributed by atoms with van der Waals surface area (Å²) in [5.74, 6) is 0.969. The van der Waals surface area contributed by atoms with Crippen molar-refractivity contribution < 1.29 is 47.6 Å². The fraction of sp³-hybridized carbons (Fsp3) is 0.769. The van der Waals surface area contributed by atoms with E-state index >= 15 is 0 Å². The van der Waals surface area contributed by atoms with Crippen LogP contribution in [0.5, 0.6) is 0 Å². The maximum Gasteiger partial charge on any atom is 0.249 e. The van der Waals surface area contributed by atoms with Crippen molar-refractivity contribution in [2.24, 2.45) is 5.73 Å². The zero-order valence-electron chi connectivity index (χ0n) is 24.0. The Morgan fingerprint density at radius 3 is 1.37 bits per heavy atom. The van der Waals surface area contributed by atoms with E-state index in [1.165, 1.54) is 0 Å². The summed E-state index contributed by atoms with van der Waals surface area (Å²) < 4.78 is 31.5. The number of carbonyl (C=O) groups is 4. The molecule has 1 atom stereocenters. The van der Waals surface area contributed by atoms with Gasteiger partial charge in [0.25, 0.3) is 0 Å². The van der Waals surface area contributed by atoms with Gasteiger partial charge in [0.1, 0.15) is 25.9 Å². The van der Waals surface area contributed by atoms with E-state index in [-0.39, 0.29) is 83.7 Å². The number of rotatable bonds is 28. The van der Waals surface area contributed by atoms with Crippen LogP contribution in [0.25, 0.3) is 0 Å². The lowest BCUT2D eigenvalue weighted by Gasteiger charge is -2.09. The molecule has 0 aliphatic carbocycles. The molecule has 15 heteroatoms. The summed E-state index contributed by atoms with van der Waals surface area (Å²) in [7, 11) is 0. The zero-order valence-corrected chi connectivity index (χ0v) is 24.0. The SMILES string of the molecule is C#C[C@@H](N)C(=O)NCCOCCOCC(=O)NCCOCCOCC(=O)NCCOCCOCC(=O)NCCCC. The first kappa shape index (κ1) is 38.2. The number of unbranched alkanes of at least 4 members (excludes halogenated alkanes) is 1. The molecule has 41 heavy (non-hydrogen) atoms. The predicted molar refractivity (Wildman–Crippen MR) is 149 cm³/mol. The highest BCUT2D eigenvalue weighted by Gasteiger charge is 2.08. The van der Waals surface area contributed by atoms with Crippen LogP contribution in [0.3, 0.4) is 0 Å². The van der Waals surface area contributed by atoms with Crippen molar-refractivity contribution in [3.05, 3.63) is 0 Å². The number of terminal acetylenes is 1. The Labute approximate surface area is 242 Å². The molecule has 0 unspecified atom stereocenters. The first-order valence-corrected chi connectivity index (χ1v) is 13.7. The molecule has 4 amide bonds. The Morgan fingerprint density at radius 2 is 0.976 bits per heavy atom. The molecule has 15 nitrogen and oxygen atoms in total. The monoisotopic (exact) mass is 589 g/mol. The van der Waals surface area contributed by atoms with E-state index in [0.29, 0.717) is 39.5 Å². The molecule has 6 N–H and O–H groups in total. The van der Waals surface area contributed by atoms with Crippen molar-refractivity contribution in [3.8, 4) is 12.3 Å². The number of amides is 4. The third-order valence-electron chi connectivity index (χ3n) is 4.81.